The quantitative estimate of drug-likeness (QED) is 0.0731. The summed E-state index contributed by atoms with van der Waals surface area (Å²) in [6, 6.07) is 57.7. The largest absolute Gasteiger partial charge is 0.310 e. The highest BCUT2D eigenvalue weighted by Gasteiger charge is 2.19. The Labute approximate surface area is 321 Å². The Morgan fingerprint density at radius 2 is 0.815 bits per heavy atom. The first kappa shape index (κ1) is 36.0. The van der Waals surface area contributed by atoms with Crippen LogP contribution in [0.25, 0.3) is 21.5 Å². The summed E-state index contributed by atoms with van der Waals surface area (Å²) in [5.74, 6) is 0. The Hall–Kier alpha value is -6.38. The lowest BCUT2D eigenvalue weighted by Gasteiger charge is -2.30. The molecule has 54 heavy (non-hydrogen) atoms. The number of aryl methyl sites for hydroxylation is 2. The van der Waals surface area contributed by atoms with Crippen LogP contribution in [0.15, 0.2) is 207 Å². The van der Waals surface area contributed by atoms with E-state index in [4.69, 9.17) is 0 Å². The highest BCUT2D eigenvalue weighted by Crippen LogP contribution is 2.43. The van der Waals surface area contributed by atoms with Gasteiger partial charge in [0.15, 0.2) is 0 Å². The fourth-order valence-electron chi connectivity index (χ4n) is 7.35. The predicted molar refractivity (Wildman–Crippen MR) is 235 cm³/mol. The van der Waals surface area contributed by atoms with Crippen LogP contribution in [0.3, 0.4) is 0 Å². The first-order chi connectivity index (χ1) is 26.7. The molecule has 0 N–H and O–H groups in total. The molecule has 0 bridgehead atoms. The molecule has 0 amide bonds. The molecule has 0 spiro atoms. The van der Waals surface area contributed by atoms with E-state index in [2.05, 4.69) is 193 Å². The van der Waals surface area contributed by atoms with Crippen LogP contribution in [0.1, 0.15) is 36.8 Å². The summed E-state index contributed by atoms with van der Waals surface area (Å²) in [5.41, 5.74) is 9.52. The maximum atomic E-state index is 3.81. The molecule has 0 saturated carbocycles. The molecule has 2 heteroatoms. The van der Waals surface area contributed by atoms with Crippen LogP contribution in [0, 0.1) is 0 Å². The Morgan fingerprint density at radius 1 is 0.407 bits per heavy atom. The minimum atomic E-state index is 1.02. The van der Waals surface area contributed by atoms with Crippen LogP contribution in [-0.4, -0.2) is 0 Å². The third kappa shape index (κ3) is 8.46. The zero-order valence-corrected chi connectivity index (χ0v) is 31.0. The maximum Gasteiger partial charge on any atom is 0.0540 e. The second-order valence-corrected chi connectivity index (χ2v) is 13.6. The summed E-state index contributed by atoms with van der Waals surface area (Å²) in [4.78, 5) is 4.83. The number of benzene rings is 7. The van der Waals surface area contributed by atoms with Gasteiger partial charge in [0.05, 0.1) is 11.4 Å². The Bertz CT molecular complexity index is 2220. The van der Waals surface area contributed by atoms with E-state index in [1.54, 1.807) is 0 Å². The van der Waals surface area contributed by atoms with Crippen molar-refractivity contribution in [1.29, 1.82) is 0 Å². The van der Waals surface area contributed by atoms with E-state index in [1.165, 1.54) is 32.7 Å². The maximum absolute atomic E-state index is 3.81. The molecule has 7 aromatic rings. The van der Waals surface area contributed by atoms with E-state index in [1.807, 2.05) is 24.3 Å². The van der Waals surface area contributed by atoms with Crippen molar-refractivity contribution in [2.24, 2.45) is 0 Å². The standard InChI is InChI=1S/C52H48N2/c1-3-5-7-9-11-21-41-23-17-29-47(39-41)53(51-33-19-27-43-25-13-15-31-49(43)51)45-35-37-46(38-36-45)54(52-34-20-28-44-26-14-16-32-50(44)52)48-30-18-24-42(40-48)22-12-10-8-6-4-2/h3-8,13-20,23-40H,1-2,9-12,21-22H2/b7-5+,8-6+. The molecule has 0 aliphatic carbocycles. The molecular formula is C52H48N2. The van der Waals surface area contributed by atoms with E-state index in [0.29, 0.717) is 0 Å². The number of hydrogen-bond acceptors (Lipinski definition) is 2. The molecule has 0 aliphatic rings. The van der Waals surface area contributed by atoms with Gasteiger partial charge in [-0.1, -0.05) is 147 Å². The van der Waals surface area contributed by atoms with E-state index in [-0.39, 0.29) is 0 Å². The van der Waals surface area contributed by atoms with Gasteiger partial charge in [-0.3, -0.25) is 0 Å². The van der Waals surface area contributed by atoms with Gasteiger partial charge in [-0.2, -0.15) is 0 Å². The van der Waals surface area contributed by atoms with Gasteiger partial charge in [0, 0.05) is 33.5 Å². The summed E-state index contributed by atoms with van der Waals surface area (Å²) in [6.45, 7) is 7.61. The van der Waals surface area contributed by atoms with E-state index < -0.39 is 0 Å². The number of fused-ring (bicyclic) bond motifs is 2. The first-order valence-corrected chi connectivity index (χ1v) is 19.1. The Kier molecular flexibility index (Phi) is 11.9. The van der Waals surface area contributed by atoms with Crippen LogP contribution in [0.4, 0.5) is 34.1 Å². The molecule has 0 unspecified atom stereocenters. The van der Waals surface area contributed by atoms with Crippen molar-refractivity contribution < 1.29 is 0 Å². The Morgan fingerprint density at radius 3 is 1.26 bits per heavy atom. The third-order valence-electron chi connectivity index (χ3n) is 9.94. The monoisotopic (exact) mass is 700 g/mol. The van der Waals surface area contributed by atoms with E-state index in [9.17, 15) is 0 Å². The molecule has 7 rings (SSSR count). The summed E-state index contributed by atoms with van der Waals surface area (Å²) in [6.07, 6.45) is 18.4. The second kappa shape index (κ2) is 17.9. The number of unbranched alkanes of at least 4 members (excludes halogenated alkanes) is 2. The number of nitrogens with zero attached hydrogens (tertiary/aromatic N) is 2. The van der Waals surface area contributed by atoms with Crippen LogP contribution in [-0.2, 0) is 12.8 Å². The fraction of sp³-hybridized carbons (Fsp3) is 0.115. The van der Waals surface area contributed by atoms with Crippen molar-refractivity contribution in [1.82, 2.24) is 0 Å². The van der Waals surface area contributed by atoms with Gasteiger partial charge in [-0.15, -0.1) is 0 Å². The zero-order chi connectivity index (χ0) is 37.0. The van der Waals surface area contributed by atoms with Crippen molar-refractivity contribution in [3.05, 3.63) is 218 Å². The summed E-state index contributed by atoms with van der Waals surface area (Å²) >= 11 is 0. The van der Waals surface area contributed by atoms with Crippen LogP contribution in [0.2, 0.25) is 0 Å². The number of rotatable bonds is 16. The van der Waals surface area contributed by atoms with Crippen molar-refractivity contribution in [2.75, 3.05) is 9.80 Å². The van der Waals surface area contributed by atoms with Gasteiger partial charge in [-0.05, 0) is 121 Å². The lowest BCUT2D eigenvalue weighted by molar-refractivity contribution is 0.843. The number of anilines is 6. The lowest BCUT2D eigenvalue weighted by atomic mass is 10.0. The summed E-state index contributed by atoms with van der Waals surface area (Å²) in [7, 11) is 0. The van der Waals surface area contributed by atoms with E-state index >= 15 is 0 Å². The average Bonchev–Trinajstić information content (AvgIpc) is 3.22. The smallest absolute Gasteiger partial charge is 0.0540 e. The molecule has 0 aromatic heterocycles. The van der Waals surface area contributed by atoms with Crippen LogP contribution < -0.4 is 9.80 Å². The minimum absolute atomic E-state index is 1.02. The summed E-state index contributed by atoms with van der Waals surface area (Å²) in [5, 5.41) is 4.89. The van der Waals surface area contributed by atoms with Gasteiger partial charge in [0.1, 0.15) is 0 Å². The first-order valence-electron chi connectivity index (χ1n) is 19.1. The van der Waals surface area contributed by atoms with Crippen molar-refractivity contribution in [3.63, 3.8) is 0 Å². The van der Waals surface area contributed by atoms with Gasteiger partial charge >= 0.3 is 0 Å². The minimum Gasteiger partial charge on any atom is -0.310 e. The topological polar surface area (TPSA) is 6.48 Å². The number of allylic oxidation sites excluding steroid dienone is 6. The zero-order valence-electron chi connectivity index (χ0n) is 31.0. The normalized spacial score (nSPS) is 11.4. The average molecular weight is 701 g/mol. The number of hydrogen-bond donors (Lipinski definition) is 0. The van der Waals surface area contributed by atoms with Gasteiger partial charge in [-0.25, -0.2) is 0 Å². The molecule has 0 heterocycles. The summed E-state index contributed by atoms with van der Waals surface area (Å²) < 4.78 is 0. The fourth-order valence-corrected chi connectivity index (χ4v) is 7.35. The molecule has 2 nitrogen and oxygen atoms in total. The molecule has 266 valence electrons. The molecule has 0 radical (unpaired) electrons. The van der Waals surface area contributed by atoms with Crippen molar-refractivity contribution in [3.8, 4) is 0 Å². The molecular weight excluding hydrogens is 653 g/mol. The molecule has 0 fully saturated rings. The molecule has 0 atom stereocenters. The lowest BCUT2D eigenvalue weighted by Crippen LogP contribution is -2.13. The Balaban J connectivity index is 1.30. The van der Waals surface area contributed by atoms with Crippen LogP contribution in [0.5, 0.6) is 0 Å². The van der Waals surface area contributed by atoms with E-state index in [0.717, 1.165) is 72.6 Å². The predicted octanol–water partition coefficient (Wildman–Crippen LogP) is 15.1. The van der Waals surface area contributed by atoms with Gasteiger partial charge in [0.25, 0.3) is 0 Å². The highest BCUT2D eigenvalue weighted by atomic mass is 15.2. The second-order valence-electron chi connectivity index (χ2n) is 13.6. The van der Waals surface area contributed by atoms with Crippen LogP contribution >= 0.6 is 0 Å². The molecule has 0 aliphatic heterocycles. The van der Waals surface area contributed by atoms with Crippen molar-refractivity contribution >= 4 is 55.7 Å². The SMILES string of the molecule is C=C/C=C/CCCc1cccc(N(c2ccc(N(c3cccc(CCC/C=C/C=C)c3)c3cccc4ccccc34)cc2)c2cccc3ccccc23)c1. The van der Waals surface area contributed by atoms with Crippen molar-refractivity contribution in [2.45, 2.75) is 38.5 Å². The van der Waals surface area contributed by atoms with Gasteiger partial charge < -0.3 is 9.80 Å². The highest BCUT2D eigenvalue weighted by molar-refractivity contribution is 6.00. The molecule has 0 saturated heterocycles. The molecule has 7 aromatic carbocycles. The third-order valence-corrected chi connectivity index (χ3v) is 9.94. The van der Waals surface area contributed by atoms with Gasteiger partial charge in [0.2, 0.25) is 0 Å².